The van der Waals surface area contributed by atoms with Crippen molar-refractivity contribution in [2.24, 2.45) is 5.92 Å². The molecule has 2 rings (SSSR count). The van der Waals surface area contributed by atoms with Gasteiger partial charge in [0.05, 0.1) is 0 Å². The number of amides is 1. The predicted octanol–water partition coefficient (Wildman–Crippen LogP) is 2.61. The minimum absolute atomic E-state index is 0.135. The van der Waals surface area contributed by atoms with Crippen molar-refractivity contribution in [3.8, 4) is 0 Å². The summed E-state index contributed by atoms with van der Waals surface area (Å²) in [6.07, 6.45) is 2.83. The lowest BCUT2D eigenvalue weighted by Gasteiger charge is -2.25. The molecule has 86 valence electrons. The van der Waals surface area contributed by atoms with E-state index in [1.807, 2.05) is 0 Å². The van der Waals surface area contributed by atoms with Crippen LogP contribution in [0.2, 0.25) is 0 Å². The number of nitrogens with one attached hydrogen (secondary N) is 1. The SMILES string of the molecule is CNC(=O)C1CCc2c(C)ccc(Br)c2C1. The molecule has 1 atom stereocenters. The zero-order valence-corrected chi connectivity index (χ0v) is 11.2. The maximum atomic E-state index is 11.6. The maximum Gasteiger partial charge on any atom is 0.223 e. The Morgan fingerprint density at radius 3 is 2.88 bits per heavy atom. The Balaban J connectivity index is 2.33. The van der Waals surface area contributed by atoms with Crippen molar-refractivity contribution in [1.29, 1.82) is 0 Å². The van der Waals surface area contributed by atoms with Gasteiger partial charge in [0.1, 0.15) is 0 Å². The van der Waals surface area contributed by atoms with Gasteiger partial charge in [0.2, 0.25) is 5.91 Å². The predicted molar refractivity (Wildman–Crippen MR) is 68.5 cm³/mol. The van der Waals surface area contributed by atoms with Gasteiger partial charge in [0, 0.05) is 17.4 Å². The van der Waals surface area contributed by atoms with E-state index in [2.05, 4.69) is 40.3 Å². The van der Waals surface area contributed by atoms with Crippen LogP contribution < -0.4 is 5.32 Å². The third kappa shape index (κ3) is 2.01. The van der Waals surface area contributed by atoms with E-state index in [1.54, 1.807) is 7.05 Å². The monoisotopic (exact) mass is 281 g/mol. The van der Waals surface area contributed by atoms with Gasteiger partial charge >= 0.3 is 0 Å². The summed E-state index contributed by atoms with van der Waals surface area (Å²) in [5.41, 5.74) is 4.09. The zero-order chi connectivity index (χ0) is 11.7. The molecule has 0 saturated carbocycles. The number of aryl methyl sites for hydroxylation is 1. The van der Waals surface area contributed by atoms with Crippen LogP contribution in [-0.4, -0.2) is 13.0 Å². The molecule has 16 heavy (non-hydrogen) atoms. The number of carbonyl (C=O) groups excluding carboxylic acids is 1. The summed E-state index contributed by atoms with van der Waals surface area (Å²) in [6, 6.07) is 4.23. The fourth-order valence-electron chi connectivity index (χ4n) is 2.45. The number of carbonyl (C=O) groups is 1. The largest absolute Gasteiger partial charge is 0.359 e. The highest BCUT2D eigenvalue weighted by Gasteiger charge is 2.25. The van der Waals surface area contributed by atoms with E-state index in [0.29, 0.717) is 0 Å². The van der Waals surface area contributed by atoms with Crippen molar-refractivity contribution >= 4 is 21.8 Å². The van der Waals surface area contributed by atoms with Gasteiger partial charge < -0.3 is 5.32 Å². The summed E-state index contributed by atoms with van der Waals surface area (Å²) in [5.74, 6) is 0.301. The van der Waals surface area contributed by atoms with E-state index < -0.39 is 0 Å². The summed E-state index contributed by atoms with van der Waals surface area (Å²) in [7, 11) is 1.71. The van der Waals surface area contributed by atoms with Crippen molar-refractivity contribution in [1.82, 2.24) is 5.32 Å². The average Bonchev–Trinajstić information content (AvgIpc) is 2.32. The molecule has 1 unspecified atom stereocenters. The summed E-state index contributed by atoms with van der Waals surface area (Å²) >= 11 is 3.58. The molecule has 0 aromatic heterocycles. The third-order valence-electron chi connectivity index (χ3n) is 3.42. The molecular weight excluding hydrogens is 266 g/mol. The number of hydrogen-bond acceptors (Lipinski definition) is 1. The maximum absolute atomic E-state index is 11.6. The molecule has 0 aliphatic heterocycles. The second-order valence-electron chi connectivity index (χ2n) is 4.38. The Hall–Kier alpha value is -0.830. The van der Waals surface area contributed by atoms with Crippen molar-refractivity contribution in [3.05, 3.63) is 33.3 Å². The molecule has 1 amide bonds. The Bertz CT molecular complexity index is 428. The topological polar surface area (TPSA) is 29.1 Å². The first-order chi connectivity index (χ1) is 7.63. The van der Waals surface area contributed by atoms with Crippen molar-refractivity contribution in [2.45, 2.75) is 26.2 Å². The number of rotatable bonds is 1. The van der Waals surface area contributed by atoms with Gasteiger partial charge in [-0.1, -0.05) is 22.0 Å². The van der Waals surface area contributed by atoms with E-state index >= 15 is 0 Å². The first-order valence-corrected chi connectivity index (χ1v) is 6.41. The second kappa shape index (κ2) is 4.58. The highest BCUT2D eigenvalue weighted by molar-refractivity contribution is 9.10. The first kappa shape index (κ1) is 11.6. The standard InChI is InChI=1S/C13H16BrNO/c1-8-3-6-12(14)11-7-9(13(16)15-2)4-5-10(8)11/h3,6,9H,4-5,7H2,1-2H3,(H,15,16). The van der Waals surface area contributed by atoms with Crippen molar-refractivity contribution in [2.75, 3.05) is 7.05 Å². The van der Waals surface area contributed by atoms with E-state index in [4.69, 9.17) is 0 Å². The van der Waals surface area contributed by atoms with Gasteiger partial charge in [-0.25, -0.2) is 0 Å². The highest BCUT2D eigenvalue weighted by atomic mass is 79.9. The molecule has 0 bridgehead atoms. The third-order valence-corrected chi connectivity index (χ3v) is 4.16. The van der Waals surface area contributed by atoms with Crippen LogP contribution in [0.5, 0.6) is 0 Å². The van der Waals surface area contributed by atoms with Gasteiger partial charge in [-0.2, -0.15) is 0 Å². The number of benzene rings is 1. The van der Waals surface area contributed by atoms with E-state index in [1.165, 1.54) is 16.7 Å². The lowest BCUT2D eigenvalue weighted by molar-refractivity contribution is -0.124. The smallest absolute Gasteiger partial charge is 0.223 e. The summed E-state index contributed by atoms with van der Waals surface area (Å²) < 4.78 is 1.14. The quantitative estimate of drug-likeness (QED) is 0.843. The van der Waals surface area contributed by atoms with Crippen LogP contribution in [-0.2, 0) is 17.6 Å². The second-order valence-corrected chi connectivity index (χ2v) is 5.23. The molecule has 0 heterocycles. The fourth-order valence-corrected chi connectivity index (χ4v) is 2.98. The average molecular weight is 282 g/mol. The van der Waals surface area contributed by atoms with E-state index in [0.717, 1.165) is 23.7 Å². The van der Waals surface area contributed by atoms with Gasteiger partial charge in [-0.05, 0) is 48.9 Å². The lowest BCUT2D eigenvalue weighted by atomic mass is 9.81. The molecule has 1 aliphatic carbocycles. The molecular formula is C13H16BrNO. The van der Waals surface area contributed by atoms with Crippen molar-refractivity contribution in [3.63, 3.8) is 0 Å². The van der Waals surface area contributed by atoms with Crippen LogP contribution in [0.15, 0.2) is 16.6 Å². The Morgan fingerprint density at radius 2 is 2.19 bits per heavy atom. The van der Waals surface area contributed by atoms with Gasteiger partial charge in [0.25, 0.3) is 0 Å². The Kier molecular flexibility index (Phi) is 3.33. The minimum Gasteiger partial charge on any atom is -0.359 e. The van der Waals surface area contributed by atoms with E-state index in [-0.39, 0.29) is 11.8 Å². The zero-order valence-electron chi connectivity index (χ0n) is 9.64. The molecule has 2 nitrogen and oxygen atoms in total. The molecule has 3 heteroatoms. The van der Waals surface area contributed by atoms with Crippen LogP contribution in [0.3, 0.4) is 0 Å². The fraction of sp³-hybridized carbons (Fsp3) is 0.462. The van der Waals surface area contributed by atoms with E-state index in [9.17, 15) is 4.79 Å². The van der Waals surface area contributed by atoms with Crippen LogP contribution in [0, 0.1) is 12.8 Å². The summed E-state index contributed by atoms with van der Waals surface area (Å²) in [6.45, 7) is 2.14. The first-order valence-electron chi connectivity index (χ1n) is 5.62. The van der Waals surface area contributed by atoms with Crippen LogP contribution in [0.1, 0.15) is 23.1 Å². The van der Waals surface area contributed by atoms with Crippen LogP contribution in [0.25, 0.3) is 0 Å². The number of halogens is 1. The van der Waals surface area contributed by atoms with Gasteiger partial charge in [-0.3, -0.25) is 4.79 Å². The normalized spacial score (nSPS) is 19.1. The number of fused-ring (bicyclic) bond motifs is 1. The Labute approximate surface area is 105 Å². The minimum atomic E-state index is 0.135. The van der Waals surface area contributed by atoms with Gasteiger partial charge in [0.15, 0.2) is 0 Å². The summed E-state index contributed by atoms with van der Waals surface area (Å²) in [5, 5.41) is 2.75. The van der Waals surface area contributed by atoms with Gasteiger partial charge in [-0.15, -0.1) is 0 Å². The molecule has 0 spiro atoms. The highest BCUT2D eigenvalue weighted by Crippen LogP contribution is 2.33. The summed E-state index contributed by atoms with van der Waals surface area (Å²) in [4.78, 5) is 11.6. The molecule has 1 aliphatic rings. The molecule has 1 N–H and O–H groups in total. The van der Waals surface area contributed by atoms with Crippen LogP contribution in [0.4, 0.5) is 0 Å². The lowest BCUT2D eigenvalue weighted by Crippen LogP contribution is -2.31. The van der Waals surface area contributed by atoms with Crippen LogP contribution >= 0.6 is 15.9 Å². The molecule has 0 fully saturated rings. The molecule has 1 aromatic carbocycles. The Morgan fingerprint density at radius 1 is 1.44 bits per heavy atom. The number of hydrogen-bond donors (Lipinski definition) is 1. The molecule has 1 aromatic rings. The van der Waals surface area contributed by atoms with Crippen molar-refractivity contribution < 1.29 is 4.79 Å². The molecule has 0 saturated heterocycles. The molecule has 0 radical (unpaired) electrons.